The molecule has 0 rings (SSSR count). The Bertz CT molecular complexity index is 353. The van der Waals surface area contributed by atoms with Gasteiger partial charge in [0.25, 0.3) is 0 Å². The quantitative estimate of drug-likeness (QED) is 0.295. The average Bonchev–Trinajstić information content (AvgIpc) is 2.22. The molecule has 0 saturated heterocycles. The first-order valence-corrected chi connectivity index (χ1v) is 4.71. The zero-order chi connectivity index (χ0) is 13.3. The topological polar surface area (TPSA) is 78.9 Å². The summed E-state index contributed by atoms with van der Waals surface area (Å²) in [4.78, 5) is 32.3. The fraction of sp³-hybridized carbons (Fsp3) is 0.364. The van der Waals surface area contributed by atoms with Gasteiger partial charge in [0.1, 0.15) is 6.26 Å². The first-order valence-electron chi connectivity index (χ1n) is 4.71. The molecule has 0 unspecified atom stereocenters. The SMILES string of the molecule is CO/C=C(/C=C/C(=O)COC(C)=O)OC(C)=O. The Balaban J connectivity index is 4.34. The van der Waals surface area contributed by atoms with E-state index in [-0.39, 0.29) is 12.4 Å². The maximum atomic E-state index is 11.2. The lowest BCUT2D eigenvalue weighted by Gasteiger charge is -2.01. The van der Waals surface area contributed by atoms with E-state index >= 15 is 0 Å². The van der Waals surface area contributed by atoms with Crippen LogP contribution in [0.25, 0.3) is 0 Å². The first kappa shape index (κ1) is 14.9. The Labute approximate surface area is 98.8 Å². The summed E-state index contributed by atoms with van der Waals surface area (Å²) in [5.74, 6) is -1.43. The lowest BCUT2D eigenvalue weighted by Crippen LogP contribution is -2.09. The van der Waals surface area contributed by atoms with Crippen molar-refractivity contribution < 1.29 is 28.6 Å². The molecule has 0 fully saturated rings. The molecule has 0 radical (unpaired) electrons. The number of rotatable bonds is 6. The molecule has 6 heteroatoms. The highest BCUT2D eigenvalue weighted by molar-refractivity contribution is 5.92. The molecule has 0 aromatic heterocycles. The maximum Gasteiger partial charge on any atom is 0.308 e. The minimum absolute atomic E-state index is 0.0798. The van der Waals surface area contributed by atoms with E-state index in [9.17, 15) is 14.4 Å². The summed E-state index contributed by atoms with van der Waals surface area (Å²) in [5.41, 5.74) is 0. The second-order valence-corrected chi connectivity index (χ2v) is 2.93. The molecule has 17 heavy (non-hydrogen) atoms. The van der Waals surface area contributed by atoms with Crippen LogP contribution in [0.15, 0.2) is 24.2 Å². The third-order valence-corrected chi connectivity index (χ3v) is 1.35. The van der Waals surface area contributed by atoms with Crippen molar-refractivity contribution >= 4 is 17.7 Å². The fourth-order valence-electron chi connectivity index (χ4n) is 0.775. The summed E-state index contributed by atoms with van der Waals surface area (Å²) in [5, 5.41) is 0. The van der Waals surface area contributed by atoms with Gasteiger partial charge in [-0.15, -0.1) is 0 Å². The third kappa shape index (κ3) is 8.86. The largest absolute Gasteiger partial charge is 0.500 e. The minimum atomic E-state index is -0.542. The monoisotopic (exact) mass is 242 g/mol. The molecule has 0 aromatic carbocycles. The molecule has 0 aliphatic heterocycles. The molecule has 0 atom stereocenters. The predicted molar refractivity (Wildman–Crippen MR) is 57.6 cm³/mol. The normalized spacial score (nSPS) is 11.1. The van der Waals surface area contributed by atoms with E-state index in [1.54, 1.807) is 0 Å². The Hall–Kier alpha value is -2.11. The lowest BCUT2D eigenvalue weighted by atomic mass is 10.3. The number of hydrogen-bond donors (Lipinski definition) is 0. The van der Waals surface area contributed by atoms with Gasteiger partial charge in [-0.1, -0.05) is 0 Å². The lowest BCUT2D eigenvalue weighted by molar-refractivity contribution is -0.144. The number of ether oxygens (including phenoxy) is 3. The Morgan fingerprint density at radius 3 is 2.18 bits per heavy atom. The van der Waals surface area contributed by atoms with Gasteiger partial charge in [-0.3, -0.25) is 14.4 Å². The summed E-state index contributed by atoms with van der Waals surface area (Å²) >= 11 is 0. The molecule has 0 bridgehead atoms. The third-order valence-electron chi connectivity index (χ3n) is 1.35. The van der Waals surface area contributed by atoms with Crippen molar-refractivity contribution in [1.82, 2.24) is 0 Å². The van der Waals surface area contributed by atoms with Gasteiger partial charge in [0.2, 0.25) is 0 Å². The van der Waals surface area contributed by atoms with Crippen molar-refractivity contribution in [3.63, 3.8) is 0 Å². The van der Waals surface area contributed by atoms with Gasteiger partial charge < -0.3 is 14.2 Å². The van der Waals surface area contributed by atoms with Gasteiger partial charge in [0.05, 0.1) is 7.11 Å². The van der Waals surface area contributed by atoms with Gasteiger partial charge in [0, 0.05) is 13.8 Å². The molecule has 0 aliphatic rings. The van der Waals surface area contributed by atoms with E-state index in [2.05, 4.69) is 9.47 Å². The highest BCUT2D eigenvalue weighted by Crippen LogP contribution is 2.00. The van der Waals surface area contributed by atoms with Crippen molar-refractivity contribution in [3.8, 4) is 0 Å². The summed E-state index contributed by atoms with van der Waals surface area (Å²) in [7, 11) is 1.37. The second-order valence-electron chi connectivity index (χ2n) is 2.93. The van der Waals surface area contributed by atoms with E-state index in [4.69, 9.17) is 4.74 Å². The number of esters is 2. The van der Waals surface area contributed by atoms with Crippen LogP contribution in [-0.2, 0) is 28.6 Å². The van der Waals surface area contributed by atoms with Crippen LogP contribution in [0.2, 0.25) is 0 Å². The maximum absolute atomic E-state index is 11.2. The van der Waals surface area contributed by atoms with Crippen LogP contribution in [-0.4, -0.2) is 31.4 Å². The van der Waals surface area contributed by atoms with Crippen molar-refractivity contribution in [3.05, 3.63) is 24.2 Å². The first-order chi connectivity index (χ1) is 7.95. The summed E-state index contributed by atoms with van der Waals surface area (Å²) in [6.45, 7) is 2.07. The van der Waals surface area contributed by atoms with E-state index in [0.717, 1.165) is 12.3 Å². The standard InChI is InChI=1S/C11H14O6/c1-8(12)16-6-10(14)4-5-11(7-15-3)17-9(2)13/h4-5,7H,6H2,1-3H3/b5-4+,11-7-. The molecule has 0 aliphatic carbocycles. The second kappa shape index (κ2) is 8.09. The van der Waals surface area contributed by atoms with Crippen molar-refractivity contribution in [1.29, 1.82) is 0 Å². The molecule has 0 aromatic rings. The molecule has 0 N–H and O–H groups in total. The van der Waals surface area contributed by atoms with Crippen LogP contribution < -0.4 is 0 Å². The van der Waals surface area contributed by atoms with Crippen molar-refractivity contribution in [2.75, 3.05) is 13.7 Å². The van der Waals surface area contributed by atoms with Gasteiger partial charge >= 0.3 is 11.9 Å². The number of carbonyl (C=O) groups is 3. The van der Waals surface area contributed by atoms with Crippen molar-refractivity contribution in [2.24, 2.45) is 0 Å². The molecular weight excluding hydrogens is 228 g/mol. The van der Waals surface area contributed by atoms with Gasteiger partial charge in [0.15, 0.2) is 18.1 Å². The Morgan fingerprint density at radius 1 is 1.06 bits per heavy atom. The number of hydrogen-bond acceptors (Lipinski definition) is 6. The number of allylic oxidation sites excluding steroid dienone is 1. The molecule has 94 valence electrons. The number of ketones is 1. The predicted octanol–water partition coefficient (Wildman–Crippen LogP) is 0.726. The molecule has 0 saturated carbocycles. The fourth-order valence-corrected chi connectivity index (χ4v) is 0.775. The molecular formula is C11H14O6. The van der Waals surface area contributed by atoms with E-state index in [0.29, 0.717) is 0 Å². The van der Waals surface area contributed by atoms with Crippen LogP contribution >= 0.6 is 0 Å². The van der Waals surface area contributed by atoms with Crippen LogP contribution in [0.3, 0.4) is 0 Å². The van der Waals surface area contributed by atoms with Crippen molar-refractivity contribution in [2.45, 2.75) is 13.8 Å². The summed E-state index contributed by atoms with van der Waals surface area (Å²) in [6.07, 6.45) is 3.53. The number of carbonyl (C=O) groups excluding carboxylic acids is 3. The molecule has 0 spiro atoms. The van der Waals surface area contributed by atoms with Crippen LogP contribution in [0.1, 0.15) is 13.8 Å². The van der Waals surface area contributed by atoms with E-state index < -0.39 is 17.7 Å². The molecule has 0 amide bonds. The number of methoxy groups -OCH3 is 1. The zero-order valence-corrected chi connectivity index (χ0v) is 9.89. The Kier molecular flexibility index (Phi) is 7.09. The summed E-state index contributed by atoms with van der Waals surface area (Å²) in [6, 6.07) is 0. The molecule has 6 nitrogen and oxygen atoms in total. The van der Waals surface area contributed by atoms with E-state index in [1.165, 1.54) is 27.0 Å². The van der Waals surface area contributed by atoms with Crippen LogP contribution in [0.5, 0.6) is 0 Å². The van der Waals surface area contributed by atoms with Crippen LogP contribution in [0.4, 0.5) is 0 Å². The Morgan fingerprint density at radius 2 is 1.71 bits per heavy atom. The van der Waals surface area contributed by atoms with Crippen LogP contribution in [0, 0.1) is 0 Å². The molecule has 0 heterocycles. The summed E-state index contributed by atoms with van der Waals surface area (Å²) < 4.78 is 13.8. The average molecular weight is 242 g/mol. The van der Waals surface area contributed by atoms with Gasteiger partial charge in [-0.05, 0) is 12.2 Å². The smallest absolute Gasteiger partial charge is 0.308 e. The minimum Gasteiger partial charge on any atom is -0.500 e. The highest BCUT2D eigenvalue weighted by atomic mass is 16.5. The highest BCUT2D eigenvalue weighted by Gasteiger charge is 2.02. The zero-order valence-electron chi connectivity index (χ0n) is 9.89. The van der Waals surface area contributed by atoms with Gasteiger partial charge in [-0.25, -0.2) is 0 Å². The van der Waals surface area contributed by atoms with E-state index in [1.807, 2.05) is 0 Å². The van der Waals surface area contributed by atoms with Gasteiger partial charge in [-0.2, -0.15) is 0 Å².